The second-order valence-electron chi connectivity index (χ2n) is 4.47. The van der Waals surface area contributed by atoms with Gasteiger partial charge in [0.15, 0.2) is 4.90 Å². The second kappa shape index (κ2) is 8.79. The lowest BCUT2D eigenvalue weighted by Gasteiger charge is -2.21. The van der Waals surface area contributed by atoms with E-state index in [-0.39, 0.29) is 24.6 Å². The average Bonchev–Trinajstić information content (AvgIpc) is 2.50. The van der Waals surface area contributed by atoms with Crippen molar-refractivity contribution in [3.63, 3.8) is 0 Å². The lowest BCUT2D eigenvalue weighted by Crippen LogP contribution is -2.35. The van der Waals surface area contributed by atoms with Crippen molar-refractivity contribution >= 4 is 15.7 Å². The van der Waals surface area contributed by atoms with Gasteiger partial charge in [0.2, 0.25) is 10.0 Å². The van der Waals surface area contributed by atoms with Crippen LogP contribution in [0.2, 0.25) is 0 Å². The molecule has 1 aromatic carbocycles. The summed E-state index contributed by atoms with van der Waals surface area (Å²) >= 11 is 0. The third kappa shape index (κ3) is 4.73. The summed E-state index contributed by atoms with van der Waals surface area (Å²) in [7, 11) is -0.986. The number of nitro benzene ring substituents is 1. The highest BCUT2D eigenvalue weighted by molar-refractivity contribution is 7.89. The van der Waals surface area contributed by atoms with Crippen molar-refractivity contribution in [3.8, 4) is 0 Å². The van der Waals surface area contributed by atoms with E-state index in [0.717, 1.165) is 0 Å². The molecule has 124 valence electrons. The largest absolute Gasteiger partial charge is 0.385 e. The molecule has 0 saturated heterocycles. The summed E-state index contributed by atoms with van der Waals surface area (Å²) in [4.78, 5) is 10.0. The van der Waals surface area contributed by atoms with E-state index in [2.05, 4.69) is 0 Å². The Balaban J connectivity index is 3.12. The van der Waals surface area contributed by atoms with E-state index in [4.69, 9.17) is 9.47 Å². The molecule has 0 aliphatic rings. The highest BCUT2D eigenvalue weighted by Crippen LogP contribution is 2.26. The normalized spacial score (nSPS) is 11.8. The summed E-state index contributed by atoms with van der Waals surface area (Å²) in [5.41, 5.74) is -0.434. The van der Waals surface area contributed by atoms with E-state index in [9.17, 15) is 18.5 Å². The van der Waals surface area contributed by atoms with Gasteiger partial charge in [-0.3, -0.25) is 10.1 Å². The molecule has 0 unspecified atom stereocenters. The summed E-state index contributed by atoms with van der Waals surface area (Å²) in [6, 6.07) is 5.31. The predicted molar refractivity (Wildman–Crippen MR) is 80.2 cm³/mol. The maximum absolute atomic E-state index is 12.7. The first-order valence-electron chi connectivity index (χ1n) is 6.66. The van der Waals surface area contributed by atoms with E-state index < -0.39 is 20.6 Å². The van der Waals surface area contributed by atoms with Crippen LogP contribution in [0.25, 0.3) is 0 Å². The zero-order valence-electron chi connectivity index (χ0n) is 12.6. The van der Waals surface area contributed by atoms with Crippen molar-refractivity contribution in [2.24, 2.45) is 0 Å². The van der Waals surface area contributed by atoms with Gasteiger partial charge in [0.1, 0.15) is 0 Å². The van der Waals surface area contributed by atoms with E-state index in [1.807, 2.05) is 0 Å². The molecule has 8 nitrogen and oxygen atoms in total. The standard InChI is InChI=1S/C13H20N2O6S/c1-20-10-5-8-14(9-11-21-2)22(18,19)13-7-4-3-6-12(13)15(16)17/h3-4,6-7H,5,8-11H2,1-2H3. The number of nitro groups is 1. The Hall–Kier alpha value is -1.55. The van der Waals surface area contributed by atoms with Crippen molar-refractivity contribution in [2.75, 3.05) is 40.5 Å². The van der Waals surface area contributed by atoms with Gasteiger partial charge in [0.05, 0.1) is 11.5 Å². The first kappa shape index (κ1) is 18.5. The molecular formula is C13H20N2O6S. The zero-order chi connectivity index (χ0) is 16.6. The van der Waals surface area contributed by atoms with Crippen molar-refractivity contribution in [3.05, 3.63) is 34.4 Å². The van der Waals surface area contributed by atoms with Gasteiger partial charge < -0.3 is 9.47 Å². The number of benzene rings is 1. The molecule has 0 aliphatic heterocycles. The monoisotopic (exact) mass is 332 g/mol. The number of sulfonamides is 1. The number of rotatable bonds is 10. The van der Waals surface area contributed by atoms with E-state index >= 15 is 0 Å². The van der Waals surface area contributed by atoms with E-state index in [1.165, 1.54) is 42.8 Å². The fraction of sp³-hybridized carbons (Fsp3) is 0.538. The molecule has 0 aromatic heterocycles. The third-order valence-electron chi connectivity index (χ3n) is 2.98. The summed E-state index contributed by atoms with van der Waals surface area (Å²) < 4.78 is 36.4. The highest BCUT2D eigenvalue weighted by atomic mass is 32.2. The average molecular weight is 332 g/mol. The van der Waals surface area contributed by atoms with Crippen molar-refractivity contribution in [1.82, 2.24) is 4.31 Å². The van der Waals surface area contributed by atoms with Crippen molar-refractivity contribution in [1.29, 1.82) is 0 Å². The Bertz CT molecular complexity index is 590. The lowest BCUT2D eigenvalue weighted by atomic mass is 10.3. The smallest absolute Gasteiger partial charge is 0.289 e. The Morgan fingerprint density at radius 3 is 2.36 bits per heavy atom. The summed E-state index contributed by atoms with van der Waals surface area (Å²) in [6.07, 6.45) is 0.486. The zero-order valence-corrected chi connectivity index (χ0v) is 13.4. The van der Waals surface area contributed by atoms with Crippen LogP contribution in [0.15, 0.2) is 29.2 Å². The summed E-state index contributed by atoms with van der Waals surface area (Å²) in [5.74, 6) is 0. The number of para-hydroxylation sites is 1. The first-order chi connectivity index (χ1) is 10.4. The van der Waals surface area contributed by atoms with Gasteiger partial charge in [-0.2, -0.15) is 4.31 Å². The Morgan fingerprint density at radius 2 is 1.77 bits per heavy atom. The van der Waals surface area contributed by atoms with E-state index in [1.54, 1.807) is 0 Å². The van der Waals surface area contributed by atoms with Gasteiger partial charge in [0, 0.05) is 40.0 Å². The molecule has 0 amide bonds. The van der Waals surface area contributed by atoms with Gasteiger partial charge in [-0.25, -0.2) is 8.42 Å². The topological polar surface area (TPSA) is 99.0 Å². The minimum absolute atomic E-state index is 0.120. The molecule has 0 spiro atoms. The Morgan fingerprint density at radius 1 is 1.14 bits per heavy atom. The molecule has 0 bridgehead atoms. The molecule has 0 atom stereocenters. The molecular weight excluding hydrogens is 312 g/mol. The highest BCUT2D eigenvalue weighted by Gasteiger charge is 2.30. The van der Waals surface area contributed by atoms with Crippen molar-refractivity contribution < 1.29 is 22.8 Å². The van der Waals surface area contributed by atoms with Gasteiger partial charge in [-0.05, 0) is 12.5 Å². The predicted octanol–water partition coefficient (Wildman–Crippen LogP) is 1.27. The lowest BCUT2D eigenvalue weighted by molar-refractivity contribution is -0.387. The quantitative estimate of drug-likeness (QED) is 0.363. The van der Waals surface area contributed by atoms with Crippen LogP contribution in [0.5, 0.6) is 0 Å². The number of hydrogen-bond donors (Lipinski definition) is 0. The molecule has 0 saturated carbocycles. The minimum Gasteiger partial charge on any atom is -0.385 e. The van der Waals surface area contributed by atoms with Crippen LogP contribution in [-0.2, 0) is 19.5 Å². The maximum Gasteiger partial charge on any atom is 0.289 e. The molecule has 22 heavy (non-hydrogen) atoms. The number of methoxy groups -OCH3 is 2. The Labute approximate surface area is 129 Å². The van der Waals surface area contributed by atoms with Crippen LogP contribution in [0.1, 0.15) is 6.42 Å². The molecule has 9 heteroatoms. The van der Waals surface area contributed by atoms with Gasteiger partial charge in [-0.1, -0.05) is 12.1 Å². The first-order valence-corrected chi connectivity index (χ1v) is 8.10. The summed E-state index contributed by atoms with van der Waals surface area (Å²) in [5, 5.41) is 11.0. The van der Waals surface area contributed by atoms with Gasteiger partial charge in [-0.15, -0.1) is 0 Å². The van der Waals surface area contributed by atoms with Crippen LogP contribution in [-0.4, -0.2) is 58.2 Å². The van der Waals surface area contributed by atoms with Crippen LogP contribution in [0.4, 0.5) is 5.69 Å². The molecule has 0 radical (unpaired) electrons. The van der Waals surface area contributed by atoms with Crippen LogP contribution < -0.4 is 0 Å². The van der Waals surface area contributed by atoms with Gasteiger partial charge in [0.25, 0.3) is 5.69 Å². The Kier molecular flexibility index (Phi) is 7.39. The second-order valence-corrected chi connectivity index (χ2v) is 6.37. The molecule has 0 aliphatic carbocycles. The molecule has 0 N–H and O–H groups in total. The molecule has 0 fully saturated rings. The maximum atomic E-state index is 12.7. The molecule has 0 heterocycles. The van der Waals surface area contributed by atoms with Crippen LogP contribution in [0.3, 0.4) is 0 Å². The fourth-order valence-electron chi connectivity index (χ4n) is 1.90. The van der Waals surface area contributed by atoms with Crippen LogP contribution in [0, 0.1) is 10.1 Å². The summed E-state index contributed by atoms with van der Waals surface area (Å²) in [6.45, 7) is 0.920. The van der Waals surface area contributed by atoms with Gasteiger partial charge >= 0.3 is 0 Å². The van der Waals surface area contributed by atoms with Crippen LogP contribution >= 0.6 is 0 Å². The SMILES string of the molecule is COCCCN(CCOC)S(=O)(=O)c1ccccc1[N+](=O)[O-]. The molecule has 1 rings (SSSR count). The van der Waals surface area contributed by atoms with E-state index in [0.29, 0.717) is 13.0 Å². The number of ether oxygens (including phenoxy) is 2. The fourth-order valence-corrected chi connectivity index (χ4v) is 3.52. The molecule has 1 aromatic rings. The number of nitrogens with zero attached hydrogens (tertiary/aromatic N) is 2. The van der Waals surface area contributed by atoms with Crippen molar-refractivity contribution in [2.45, 2.75) is 11.3 Å². The minimum atomic E-state index is -3.97. The number of hydrogen-bond acceptors (Lipinski definition) is 6. The third-order valence-corrected chi connectivity index (χ3v) is 4.93.